The highest BCUT2D eigenvalue weighted by Crippen LogP contribution is 2.26. The lowest BCUT2D eigenvalue weighted by molar-refractivity contribution is -0.384. The third-order valence-electron chi connectivity index (χ3n) is 2.18. The molecule has 0 radical (unpaired) electrons. The number of hydrogen-bond donors (Lipinski definition) is 3. The second-order valence-electron chi connectivity index (χ2n) is 3.69. The highest BCUT2D eigenvalue weighted by atomic mass is 35.5. The molecule has 1 aromatic carbocycles. The molecule has 0 saturated carbocycles. The first-order valence-electron chi connectivity index (χ1n) is 5.10. The second kappa shape index (κ2) is 6.12. The van der Waals surface area contributed by atoms with Crippen molar-refractivity contribution in [2.45, 2.75) is 12.5 Å². The number of carbonyl (C=O) groups excluding carboxylic acids is 2. The SMILES string of the molecule is NC(=O)CC(N)C(=O)Nc1ccc([N+](=O)[O-])cc1Cl. The maximum absolute atomic E-state index is 11.6. The van der Waals surface area contributed by atoms with Gasteiger partial charge in [-0.1, -0.05) is 11.6 Å². The average Bonchev–Trinajstić information content (AvgIpc) is 2.30. The second-order valence-corrected chi connectivity index (χ2v) is 4.09. The molecule has 0 heterocycles. The van der Waals surface area contributed by atoms with Crippen LogP contribution in [0.4, 0.5) is 11.4 Å². The van der Waals surface area contributed by atoms with Crippen molar-refractivity contribution < 1.29 is 14.5 Å². The molecule has 0 aliphatic heterocycles. The van der Waals surface area contributed by atoms with E-state index in [9.17, 15) is 19.7 Å². The van der Waals surface area contributed by atoms with E-state index in [0.717, 1.165) is 6.07 Å². The normalized spacial score (nSPS) is 11.7. The first-order valence-corrected chi connectivity index (χ1v) is 5.47. The Labute approximate surface area is 112 Å². The lowest BCUT2D eigenvalue weighted by Crippen LogP contribution is -2.39. The van der Waals surface area contributed by atoms with Gasteiger partial charge in [0.15, 0.2) is 0 Å². The van der Waals surface area contributed by atoms with Gasteiger partial charge in [-0.25, -0.2) is 0 Å². The number of hydrogen-bond acceptors (Lipinski definition) is 5. The zero-order chi connectivity index (χ0) is 14.6. The lowest BCUT2D eigenvalue weighted by Gasteiger charge is -2.11. The summed E-state index contributed by atoms with van der Waals surface area (Å²) in [4.78, 5) is 32.1. The number of anilines is 1. The van der Waals surface area contributed by atoms with Crippen molar-refractivity contribution in [2.75, 3.05) is 5.32 Å². The molecular formula is C10H11ClN4O4. The van der Waals surface area contributed by atoms with Gasteiger partial charge in [-0.3, -0.25) is 19.7 Å². The van der Waals surface area contributed by atoms with Gasteiger partial charge in [0.2, 0.25) is 11.8 Å². The van der Waals surface area contributed by atoms with E-state index in [0.29, 0.717) is 0 Å². The summed E-state index contributed by atoms with van der Waals surface area (Å²) in [6, 6.07) is 2.44. The Morgan fingerprint density at radius 1 is 1.47 bits per heavy atom. The van der Waals surface area contributed by atoms with Crippen LogP contribution in [0.3, 0.4) is 0 Å². The number of rotatable bonds is 5. The molecule has 1 atom stereocenters. The minimum atomic E-state index is -1.11. The third kappa shape index (κ3) is 4.19. The zero-order valence-electron chi connectivity index (χ0n) is 9.63. The maximum Gasteiger partial charge on any atom is 0.271 e. The van der Waals surface area contributed by atoms with E-state index >= 15 is 0 Å². The highest BCUT2D eigenvalue weighted by molar-refractivity contribution is 6.34. The standard InChI is InChI=1S/C10H11ClN4O4/c11-6-3-5(15(18)19)1-2-8(6)14-10(17)7(12)4-9(13)16/h1-3,7H,4,12H2,(H2,13,16)(H,14,17). The van der Waals surface area contributed by atoms with Crippen LogP contribution in [-0.2, 0) is 9.59 Å². The first-order chi connectivity index (χ1) is 8.81. The van der Waals surface area contributed by atoms with Crippen molar-refractivity contribution in [3.8, 4) is 0 Å². The summed E-state index contributed by atoms with van der Waals surface area (Å²) in [6.07, 6.45) is -0.309. The monoisotopic (exact) mass is 286 g/mol. The predicted molar refractivity (Wildman–Crippen MR) is 68.5 cm³/mol. The molecule has 0 aliphatic rings. The van der Waals surface area contributed by atoms with Gasteiger partial charge < -0.3 is 16.8 Å². The molecule has 1 rings (SSSR count). The van der Waals surface area contributed by atoms with E-state index in [1.54, 1.807) is 0 Å². The molecule has 0 saturated heterocycles. The molecule has 1 aromatic rings. The molecule has 0 spiro atoms. The predicted octanol–water partition coefficient (Wildman–Crippen LogP) is 0.389. The summed E-state index contributed by atoms with van der Waals surface area (Å²) < 4.78 is 0. The van der Waals surface area contributed by atoms with Crippen LogP contribution in [0.1, 0.15) is 6.42 Å². The number of nitrogens with two attached hydrogens (primary N) is 2. The average molecular weight is 287 g/mol. The van der Waals surface area contributed by atoms with Gasteiger partial charge in [0.1, 0.15) is 0 Å². The molecule has 0 aliphatic carbocycles. The number of benzene rings is 1. The number of amides is 2. The van der Waals surface area contributed by atoms with Crippen molar-refractivity contribution in [1.82, 2.24) is 0 Å². The van der Waals surface area contributed by atoms with Crippen LogP contribution in [0.5, 0.6) is 0 Å². The molecule has 9 heteroatoms. The van der Waals surface area contributed by atoms with Crippen LogP contribution in [0.25, 0.3) is 0 Å². The van der Waals surface area contributed by atoms with Crippen LogP contribution in [0.15, 0.2) is 18.2 Å². The molecular weight excluding hydrogens is 276 g/mol. The van der Waals surface area contributed by atoms with Gasteiger partial charge in [0.25, 0.3) is 5.69 Å². The fourth-order valence-corrected chi connectivity index (χ4v) is 1.48. The summed E-state index contributed by atoms with van der Waals surface area (Å²) in [5.41, 5.74) is 10.3. The van der Waals surface area contributed by atoms with E-state index in [1.807, 2.05) is 0 Å². The minimum absolute atomic E-state index is 0.00572. The van der Waals surface area contributed by atoms with Gasteiger partial charge in [-0.2, -0.15) is 0 Å². The molecule has 5 N–H and O–H groups in total. The summed E-state index contributed by atoms with van der Waals surface area (Å²) >= 11 is 5.78. The van der Waals surface area contributed by atoms with E-state index in [2.05, 4.69) is 5.32 Å². The molecule has 0 bridgehead atoms. The smallest absolute Gasteiger partial charge is 0.271 e. The van der Waals surface area contributed by atoms with E-state index in [-0.39, 0.29) is 22.8 Å². The van der Waals surface area contributed by atoms with E-state index in [1.165, 1.54) is 12.1 Å². The summed E-state index contributed by atoms with van der Waals surface area (Å²) in [6.45, 7) is 0. The van der Waals surface area contributed by atoms with E-state index < -0.39 is 22.8 Å². The van der Waals surface area contributed by atoms with Crippen molar-refractivity contribution in [1.29, 1.82) is 0 Å². The molecule has 0 fully saturated rings. The Hall–Kier alpha value is -2.19. The number of halogens is 1. The van der Waals surface area contributed by atoms with Crippen molar-refractivity contribution in [2.24, 2.45) is 11.5 Å². The number of nitrogens with one attached hydrogen (secondary N) is 1. The number of non-ortho nitro benzene ring substituents is 1. The molecule has 19 heavy (non-hydrogen) atoms. The largest absolute Gasteiger partial charge is 0.370 e. The van der Waals surface area contributed by atoms with Gasteiger partial charge >= 0.3 is 0 Å². The van der Waals surface area contributed by atoms with Gasteiger partial charge in [-0.15, -0.1) is 0 Å². The van der Waals surface area contributed by atoms with Gasteiger partial charge in [0.05, 0.1) is 28.1 Å². The fraction of sp³-hybridized carbons (Fsp3) is 0.200. The highest BCUT2D eigenvalue weighted by Gasteiger charge is 2.18. The fourth-order valence-electron chi connectivity index (χ4n) is 1.25. The quantitative estimate of drug-likeness (QED) is 0.530. The van der Waals surface area contributed by atoms with Crippen molar-refractivity contribution >= 4 is 34.8 Å². The minimum Gasteiger partial charge on any atom is -0.370 e. The summed E-state index contributed by atoms with van der Waals surface area (Å²) in [5, 5.41) is 12.9. The van der Waals surface area contributed by atoms with Crippen LogP contribution >= 0.6 is 11.6 Å². The van der Waals surface area contributed by atoms with Crippen LogP contribution in [0, 0.1) is 10.1 Å². The van der Waals surface area contributed by atoms with Crippen LogP contribution in [0.2, 0.25) is 5.02 Å². The zero-order valence-corrected chi connectivity index (χ0v) is 10.4. The number of nitro groups is 1. The number of nitro benzene ring substituents is 1. The Kier molecular flexibility index (Phi) is 4.79. The van der Waals surface area contributed by atoms with Gasteiger partial charge in [0, 0.05) is 12.1 Å². The number of primary amides is 1. The van der Waals surface area contributed by atoms with Crippen molar-refractivity contribution in [3.63, 3.8) is 0 Å². The Morgan fingerprint density at radius 3 is 2.58 bits per heavy atom. The molecule has 102 valence electrons. The molecule has 0 aromatic heterocycles. The van der Waals surface area contributed by atoms with Crippen LogP contribution < -0.4 is 16.8 Å². The van der Waals surface area contributed by atoms with Crippen LogP contribution in [-0.4, -0.2) is 22.8 Å². The maximum atomic E-state index is 11.6. The lowest BCUT2D eigenvalue weighted by atomic mass is 10.2. The van der Waals surface area contributed by atoms with Crippen molar-refractivity contribution in [3.05, 3.63) is 33.3 Å². The Balaban J connectivity index is 2.80. The summed E-state index contributed by atoms with van der Waals surface area (Å²) in [7, 11) is 0. The van der Waals surface area contributed by atoms with Gasteiger partial charge in [-0.05, 0) is 6.07 Å². The topological polar surface area (TPSA) is 141 Å². The van der Waals surface area contributed by atoms with E-state index in [4.69, 9.17) is 23.1 Å². The Bertz CT molecular complexity index is 534. The molecule has 8 nitrogen and oxygen atoms in total. The number of nitrogens with zero attached hydrogens (tertiary/aromatic N) is 1. The summed E-state index contributed by atoms with van der Waals surface area (Å²) in [5.74, 6) is -1.37. The first kappa shape index (κ1) is 14.9. The number of carbonyl (C=O) groups is 2. The Morgan fingerprint density at radius 2 is 2.11 bits per heavy atom. The third-order valence-corrected chi connectivity index (χ3v) is 2.49. The molecule has 1 unspecified atom stereocenters. The molecule has 2 amide bonds.